The van der Waals surface area contributed by atoms with Crippen LogP contribution in [0.1, 0.15) is 5.56 Å². The smallest absolute Gasteiger partial charge is 0.265 e. The van der Waals surface area contributed by atoms with Gasteiger partial charge in [0.25, 0.3) is 5.89 Å². The van der Waals surface area contributed by atoms with Gasteiger partial charge in [-0.1, -0.05) is 11.2 Å². The monoisotopic (exact) mass is 269 g/mol. The summed E-state index contributed by atoms with van der Waals surface area (Å²) in [6.07, 6.45) is 1.65. The van der Waals surface area contributed by atoms with Gasteiger partial charge in [0.05, 0.1) is 0 Å². The summed E-state index contributed by atoms with van der Waals surface area (Å²) in [5.74, 6) is 0.0834. The number of aromatic hydroxyl groups is 2. The fourth-order valence-corrected chi connectivity index (χ4v) is 1.83. The first-order valence-corrected chi connectivity index (χ1v) is 5.93. The molecule has 2 N–H and O–H groups in total. The molecule has 6 nitrogen and oxygen atoms in total. The molecule has 0 aliphatic carbocycles. The lowest BCUT2D eigenvalue weighted by atomic mass is 10.2. The summed E-state index contributed by atoms with van der Waals surface area (Å²) in [5, 5.41) is 23.3. The van der Waals surface area contributed by atoms with E-state index in [0.29, 0.717) is 11.5 Å². The molecule has 0 saturated heterocycles. The summed E-state index contributed by atoms with van der Waals surface area (Å²) in [5.41, 5.74) is 1.69. The maximum atomic E-state index is 9.77. The second-order valence-corrected chi connectivity index (χ2v) is 4.31. The van der Waals surface area contributed by atoms with Crippen LogP contribution in [0, 0.1) is 6.92 Å². The van der Waals surface area contributed by atoms with Crippen LogP contribution in [0.5, 0.6) is 11.5 Å². The van der Waals surface area contributed by atoms with Crippen molar-refractivity contribution in [2.45, 2.75) is 6.92 Å². The maximum absolute atomic E-state index is 9.77. The average Bonchev–Trinajstić information content (AvgIpc) is 2.88. The Balaban J connectivity index is 2.07. The highest BCUT2D eigenvalue weighted by molar-refractivity contribution is 5.70. The van der Waals surface area contributed by atoms with Gasteiger partial charge in [-0.2, -0.15) is 4.98 Å². The van der Waals surface area contributed by atoms with Gasteiger partial charge in [-0.05, 0) is 36.8 Å². The summed E-state index contributed by atoms with van der Waals surface area (Å²) >= 11 is 0. The Morgan fingerprint density at radius 1 is 1.10 bits per heavy atom. The third-order valence-electron chi connectivity index (χ3n) is 2.80. The van der Waals surface area contributed by atoms with Crippen molar-refractivity contribution in [3.63, 3.8) is 0 Å². The number of hydrogen-bond acceptors (Lipinski definition) is 6. The third-order valence-corrected chi connectivity index (χ3v) is 2.80. The molecule has 0 spiro atoms. The lowest BCUT2D eigenvalue weighted by Crippen LogP contribution is -1.86. The highest BCUT2D eigenvalue weighted by Crippen LogP contribution is 2.36. The van der Waals surface area contributed by atoms with Crippen LogP contribution in [0.4, 0.5) is 0 Å². The van der Waals surface area contributed by atoms with E-state index in [0.717, 1.165) is 5.56 Å². The third kappa shape index (κ3) is 2.07. The van der Waals surface area contributed by atoms with E-state index in [2.05, 4.69) is 15.1 Å². The van der Waals surface area contributed by atoms with Crippen LogP contribution in [-0.4, -0.2) is 25.3 Å². The standard InChI is InChI=1S/C14H11N3O3/c1-8-5-6-15-9(7-8)13-16-14(20-17-13)12-10(18)3-2-4-11(12)19/h2-7,18-19H,1H3. The Hall–Kier alpha value is -2.89. The number of benzene rings is 1. The van der Waals surface area contributed by atoms with Crippen molar-refractivity contribution in [3.8, 4) is 34.5 Å². The Labute approximate surface area is 114 Å². The summed E-state index contributed by atoms with van der Waals surface area (Å²) in [6, 6.07) is 8.07. The molecule has 0 unspecified atom stereocenters. The zero-order chi connectivity index (χ0) is 14.1. The maximum Gasteiger partial charge on any atom is 0.265 e. The summed E-state index contributed by atoms with van der Waals surface area (Å²) in [4.78, 5) is 8.30. The Kier molecular flexibility index (Phi) is 2.83. The van der Waals surface area contributed by atoms with Crippen LogP contribution >= 0.6 is 0 Å². The molecule has 0 amide bonds. The van der Waals surface area contributed by atoms with Crippen molar-refractivity contribution < 1.29 is 14.7 Å². The van der Waals surface area contributed by atoms with E-state index in [1.165, 1.54) is 18.2 Å². The Bertz CT molecular complexity index is 748. The molecule has 0 fully saturated rings. The second kappa shape index (κ2) is 4.65. The molecule has 0 aliphatic heterocycles. The van der Waals surface area contributed by atoms with E-state index >= 15 is 0 Å². The van der Waals surface area contributed by atoms with Gasteiger partial charge in [-0.3, -0.25) is 4.98 Å². The minimum Gasteiger partial charge on any atom is -0.507 e. The van der Waals surface area contributed by atoms with Crippen molar-refractivity contribution in [3.05, 3.63) is 42.1 Å². The molecule has 0 radical (unpaired) electrons. The largest absolute Gasteiger partial charge is 0.507 e. The highest BCUT2D eigenvalue weighted by atomic mass is 16.5. The van der Waals surface area contributed by atoms with Crippen molar-refractivity contribution >= 4 is 0 Å². The van der Waals surface area contributed by atoms with Crippen LogP contribution in [0.25, 0.3) is 23.0 Å². The van der Waals surface area contributed by atoms with Gasteiger partial charge in [0, 0.05) is 6.20 Å². The Morgan fingerprint density at radius 3 is 2.55 bits per heavy atom. The van der Waals surface area contributed by atoms with E-state index < -0.39 is 0 Å². The topological polar surface area (TPSA) is 92.3 Å². The van der Waals surface area contributed by atoms with Crippen LogP contribution in [0.3, 0.4) is 0 Å². The number of hydrogen-bond donors (Lipinski definition) is 2. The predicted molar refractivity (Wildman–Crippen MR) is 71.0 cm³/mol. The van der Waals surface area contributed by atoms with Crippen LogP contribution in [-0.2, 0) is 0 Å². The number of aromatic nitrogens is 3. The number of aryl methyl sites for hydroxylation is 1. The molecule has 2 aromatic heterocycles. The van der Waals surface area contributed by atoms with Crippen LogP contribution in [0.15, 0.2) is 41.1 Å². The fourth-order valence-electron chi connectivity index (χ4n) is 1.83. The fraction of sp³-hybridized carbons (Fsp3) is 0.0714. The normalized spacial score (nSPS) is 10.7. The van der Waals surface area contributed by atoms with Crippen molar-refractivity contribution in [1.29, 1.82) is 0 Å². The first kappa shape index (κ1) is 12.2. The SMILES string of the molecule is Cc1ccnc(-c2noc(-c3c(O)cccc3O)n2)c1. The molecule has 0 saturated carbocycles. The van der Waals surface area contributed by atoms with Crippen molar-refractivity contribution in [2.24, 2.45) is 0 Å². The number of rotatable bonds is 2. The molecule has 0 bridgehead atoms. The average molecular weight is 269 g/mol. The molecule has 0 aliphatic rings. The summed E-state index contributed by atoms with van der Waals surface area (Å²) in [7, 11) is 0. The van der Waals surface area contributed by atoms with Crippen LogP contribution in [0.2, 0.25) is 0 Å². The molecular weight excluding hydrogens is 258 g/mol. The highest BCUT2D eigenvalue weighted by Gasteiger charge is 2.18. The van der Waals surface area contributed by atoms with E-state index in [1.54, 1.807) is 6.20 Å². The molecule has 0 atom stereocenters. The van der Waals surface area contributed by atoms with Gasteiger partial charge in [-0.25, -0.2) is 0 Å². The minimum atomic E-state index is -0.127. The van der Waals surface area contributed by atoms with Gasteiger partial charge in [0.1, 0.15) is 22.8 Å². The van der Waals surface area contributed by atoms with E-state index in [-0.39, 0.29) is 23.0 Å². The predicted octanol–water partition coefficient (Wildman–Crippen LogP) is 2.52. The number of pyridine rings is 1. The lowest BCUT2D eigenvalue weighted by Gasteiger charge is -2.00. The molecule has 2 heterocycles. The first-order valence-electron chi connectivity index (χ1n) is 5.93. The van der Waals surface area contributed by atoms with E-state index in [9.17, 15) is 10.2 Å². The van der Waals surface area contributed by atoms with E-state index in [1.807, 2.05) is 19.1 Å². The number of phenolic OH excluding ortho intramolecular Hbond substituents is 2. The summed E-state index contributed by atoms with van der Waals surface area (Å²) in [6.45, 7) is 1.93. The van der Waals surface area contributed by atoms with Gasteiger partial charge in [0.15, 0.2) is 0 Å². The zero-order valence-electron chi connectivity index (χ0n) is 10.6. The van der Waals surface area contributed by atoms with E-state index in [4.69, 9.17) is 4.52 Å². The number of nitrogens with zero attached hydrogens (tertiary/aromatic N) is 3. The molecule has 6 heteroatoms. The van der Waals surface area contributed by atoms with Crippen LogP contribution < -0.4 is 0 Å². The zero-order valence-corrected chi connectivity index (χ0v) is 10.6. The van der Waals surface area contributed by atoms with Gasteiger partial charge in [-0.15, -0.1) is 0 Å². The van der Waals surface area contributed by atoms with Gasteiger partial charge >= 0.3 is 0 Å². The van der Waals surface area contributed by atoms with Gasteiger partial charge in [0.2, 0.25) is 5.82 Å². The van der Waals surface area contributed by atoms with Crippen molar-refractivity contribution in [2.75, 3.05) is 0 Å². The molecule has 3 rings (SSSR count). The lowest BCUT2D eigenvalue weighted by molar-refractivity contribution is 0.416. The first-order chi connectivity index (χ1) is 9.65. The summed E-state index contributed by atoms with van der Waals surface area (Å²) < 4.78 is 5.09. The van der Waals surface area contributed by atoms with Gasteiger partial charge < -0.3 is 14.7 Å². The molecule has 20 heavy (non-hydrogen) atoms. The van der Waals surface area contributed by atoms with Crippen molar-refractivity contribution in [1.82, 2.24) is 15.1 Å². The molecular formula is C14H11N3O3. The molecule has 1 aromatic carbocycles. The number of phenols is 2. The molecule has 100 valence electrons. The quantitative estimate of drug-likeness (QED) is 0.742. The Morgan fingerprint density at radius 2 is 1.85 bits per heavy atom. The molecule has 3 aromatic rings. The minimum absolute atomic E-state index is 0.0407. The second-order valence-electron chi connectivity index (χ2n) is 4.31.